The van der Waals surface area contributed by atoms with Gasteiger partial charge in [-0.2, -0.15) is 0 Å². The molecule has 1 N–H and O–H groups in total. The number of thiazole rings is 1. The lowest BCUT2D eigenvalue weighted by Crippen LogP contribution is -2.47. The summed E-state index contributed by atoms with van der Waals surface area (Å²) in [5.41, 5.74) is 3.79. The molecule has 21 heavy (non-hydrogen) atoms. The smallest absolute Gasteiger partial charge is 0.118 e. The largest absolute Gasteiger partial charge is 0.383 e. The summed E-state index contributed by atoms with van der Waals surface area (Å²) in [6, 6.07) is 8.78. The second-order valence-electron chi connectivity index (χ2n) is 5.63. The van der Waals surface area contributed by atoms with Crippen molar-refractivity contribution in [1.29, 1.82) is 0 Å². The fourth-order valence-electron chi connectivity index (χ4n) is 3.23. The van der Waals surface area contributed by atoms with E-state index in [2.05, 4.69) is 41.9 Å². The van der Waals surface area contributed by atoms with Gasteiger partial charge in [-0.25, -0.2) is 4.98 Å². The van der Waals surface area contributed by atoms with Crippen LogP contribution in [0.4, 0.5) is 0 Å². The van der Waals surface area contributed by atoms with E-state index >= 15 is 0 Å². The molecule has 112 valence electrons. The molecule has 0 spiro atoms. The third kappa shape index (κ3) is 2.76. The van der Waals surface area contributed by atoms with Crippen LogP contribution < -0.4 is 5.32 Å². The molecule has 0 saturated carbocycles. The molecular formula is C17H22N2OS. The summed E-state index contributed by atoms with van der Waals surface area (Å²) in [6.07, 6.45) is 3.45. The van der Waals surface area contributed by atoms with Gasteiger partial charge in [0.05, 0.1) is 12.1 Å². The highest BCUT2D eigenvalue weighted by Gasteiger charge is 2.39. The summed E-state index contributed by atoms with van der Waals surface area (Å²) in [7, 11) is 1.75. The molecule has 0 aliphatic heterocycles. The van der Waals surface area contributed by atoms with Gasteiger partial charge in [0.2, 0.25) is 0 Å². The topological polar surface area (TPSA) is 34.1 Å². The van der Waals surface area contributed by atoms with E-state index in [0.717, 1.165) is 25.1 Å². The van der Waals surface area contributed by atoms with E-state index < -0.39 is 0 Å². The average molecular weight is 302 g/mol. The van der Waals surface area contributed by atoms with Gasteiger partial charge in [-0.3, -0.25) is 5.32 Å². The first-order valence-corrected chi connectivity index (χ1v) is 8.39. The Bertz CT molecular complexity index is 610. The highest BCUT2D eigenvalue weighted by molar-refractivity contribution is 7.09. The second-order valence-corrected chi connectivity index (χ2v) is 6.49. The summed E-state index contributed by atoms with van der Waals surface area (Å²) in [5, 5.41) is 7.07. The summed E-state index contributed by atoms with van der Waals surface area (Å²) < 4.78 is 5.23. The summed E-state index contributed by atoms with van der Waals surface area (Å²) in [6.45, 7) is 3.62. The number of hydrogen-bond donors (Lipinski definition) is 1. The Morgan fingerprint density at radius 2 is 2.24 bits per heavy atom. The first-order valence-electron chi connectivity index (χ1n) is 7.51. The maximum absolute atomic E-state index is 5.23. The molecule has 1 aliphatic rings. The Hall–Kier alpha value is -1.23. The van der Waals surface area contributed by atoms with Crippen LogP contribution in [-0.4, -0.2) is 25.2 Å². The van der Waals surface area contributed by atoms with Crippen molar-refractivity contribution in [2.24, 2.45) is 0 Å². The number of fused-ring (bicyclic) bond motifs is 1. The number of benzene rings is 1. The van der Waals surface area contributed by atoms with E-state index in [-0.39, 0.29) is 5.54 Å². The quantitative estimate of drug-likeness (QED) is 0.861. The molecule has 3 nitrogen and oxygen atoms in total. The zero-order valence-electron chi connectivity index (χ0n) is 12.7. The number of aryl methyl sites for hydroxylation is 2. The first-order chi connectivity index (χ1) is 10.3. The molecule has 1 aliphatic carbocycles. The van der Waals surface area contributed by atoms with Crippen LogP contribution in [0.2, 0.25) is 0 Å². The molecule has 3 rings (SSSR count). The molecule has 0 saturated heterocycles. The van der Waals surface area contributed by atoms with Gasteiger partial charge in [-0.15, -0.1) is 11.3 Å². The Kier molecular flexibility index (Phi) is 4.38. The van der Waals surface area contributed by atoms with Crippen LogP contribution in [0.25, 0.3) is 0 Å². The Morgan fingerprint density at radius 3 is 3.00 bits per heavy atom. The predicted octanol–water partition coefficient (Wildman–Crippen LogP) is 3.27. The van der Waals surface area contributed by atoms with Gasteiger partial charge in [0.15, 0.2) is 0 Å². The van der Waals surface area contributed by atoms with Crippen molar-refractivity contribution in [2.75, 3.05) is 20.3 Å². The van der Waals surface area contributed by atoms with E-state index in [0.29, 0.717) is 6.61 Å². The van der Waals surface area contributed by atoms with Crippen LogP contribution >= 0.6 is 11.3 Å². The first kappa shape index (κ1) is 14.7. The maximum Gasteiger partial charge on any atom is 0.118 e. The molecule has 4 heteroatoms. The van der Waals surface area contributed by atoms with Crippen molar-refractivity contribution < 1.29 is 4.74 Å². The molecule has 1 aromatic heterocycles. The predicted molar refractivity (Wildman–Crippen MR) is 86.9 cm³/mol. The van der Waals surface area contributed by atoms with E-state index in [1.807, 2.05) is 0 Å². The number of nitrogens with zero attached hydrogens (tertiary/aromatic N) is 1. The average Bonchev–Trinajstić information content (AvgIpc) is 2.95. The van der Waals surface area contributed by atoms with Gasteiger partial charge in [0.1, 0.15) is 5.01 Å². The number of methoxy groups -OCH3 is 1. The van der Waals surface area contributed by atoms with Crippen LogP contribution in [0.5, 0.6) is 0 Å². The minimum absolute atomic E-state index is 0.147. The molecule has 2 aromatic rings. The molecule has 0 fully saturated rings. The van der Waals surface area contributed by atoms with Crippen molar-refractivity contribution >= 4 is 11.3 Å². The van der Waals surface area contributed by atoms with E-state index in [4.69, 9.17) is 9.72 Å². The van der Waals surface area contributed by atoms with Crippen molar-refractivity contribution in [1.82, 2.24) is 10.3 Å². The van der Waals surface area contributed by atoms with E-state index in [9.17, 15) is 0 Å². The standard InChI is InChI=1S/C17H22N2OS/c1-13-12-21-16(19-13)17(18-10-11-20-2)9-5-7-14-6-3-4-8-15(14)17/h3-4,6,8,12,18H,5,7,9-11H2,1-2H3. The summed E-state index contributed by atoms with van der Waals surface area (Å²) in [5.74, 6) is 0. The third-order valence-electron chi connectivity index (χ3n) is 4.19. The summed E-state index contributed by atoms with van der Waals surface area (Å²) in [4.78, 5) is 4.80. The monoisotopic (exact) mass is 302 g/mol. The van der Waals surface area contributed by atoms with Crippen LogP contribution in [0.1, 0.15) is 34.7 Å². The van der Waals surface area contributed by atoms with Gasteiger partial charge in [0.25, 0.3) is 0 Å². The second kappa shape index (κ2) is 6.26. The lowest BCUT2D eigenvalue weighted by Gasteiger charge is -2.38. The minimum atomic E-state index is -0.147. The Morgan fingerprint density at radius 1 is 1.38 bits per heavy atom. The number of ether oxygens (including phenoxy) is 1. The van der Waals surface area contributed by atoms with Gasteiger partial charge in [-0.05, 0) is 37.3 Å². The normalized spacial score (nSPS) is 21.2. The highest BCUT2D eigenvalue weighted by atomic mass is 32.1. The van der Waals surface area contributed by atoms with Crippen LogP contribution in [-0.2, 0) is 16.7 Å². The minimum Gasteiger partial charge on any atom is -0.383 e. The lowest BCUT2D eigenvalue weighted by molar-refractivity contribution is 0.185. The molecule has 1 atom stereocenters. The number of rotatable bonds is 5. The van der Waals surface area contributed by atoms with Gasteiger partial charge < -0.3 is 4.74 Å². The molecule has 1 aromatic carbocycles. The Labute approximate surface area is 130 Å². The van der Waals surface area contributed by atoms with Gasteiger partial charge in [-0.1, -0.05) is 24.3 Å². The van der Waals surface area contributed by atoms with Crippen molar-refractivity contribution in [3.63, 3.8) is 0 Å². The zero-order valence-corrected chi connectivity index (χ0v) is 13.5. The molecule has 1 unspecified atom stereocenters. The van der Waals surface area contributed by atoms with Crippen molar-refractivity contribution in [3.05, 3.63) is 51.5 Å². The van der Waals surface area contributed by atoms with E-state index in [1.165, 1.54) is 22.6 Å². The van der Waals surface area contributed by atoms with Crippen LogP contribution in [0.15, 0.2) is 29.6 Å². The molecular weight excluding hydrogens is 280 g/mol. The van der Waals surface area contributed by atoms with Crippen LogP contribution in [0.3, 0.4) is 0 Å². The van der Waals surface area contributed by atoms with Gasteiger partial charge in [0, 0.05) is 24.7 Å². The Balaban J connectivity index is 2.05. The fourth-order valence-corrected chi connectivity index (χ4v) is 4.25. The van der Waals surface area contributed by atoms with Crippen LogP contribution in [0, 0.1) is 6.92 Å². The lowest BCUT2D eigenvalue weighted by atomic mass is 9.76. The number of hydrogen-bond acceptors (Lipinski definition) is 4. The van der Waals surface area contributed by atoms with E-state index in [1.54, 1.807) is 18.4 Å². The highest BCUT2D eigenvalue weighted by Crippen LogP contribution is 2.41. The molecule has 0 bridgehead atoms. The fraction of sp³-hybridized carbons (Fsp3) is 0.471. The molecule has 0 radical (unpaired) electrons. The molecule has 1 heterocycles. The summed E-state index contributed by atoms with van der Waals surface area (Å²) >= 11 is 1.76. The SMILES string of the molecule is COCCNC1(c2nc(C)cs2)CCCc2ccccc21. The number of aromatic nitrogens is 1. The van der Waals surface area contributed by atoms with Crippen molar-refractivity contribution in [2.45, 2.75) is 31.7 Å². The van der Waals surface area contributed by atoms with Gasteiger partial charge >= 0.3 is 0 Å². The number of nitrogens with one attached hydrogen (secondary N) is 1. The van der Waals surface area contributed by atoms with Crippen molar-refractivity contribution in [3.8, 4) is 0 Å². The maximum atomic E-state index is 5.23. The molecule has 0 amide bonds. The third-order valence-corrected chi connectivity index (χ3v) is 5.31. The zero-order chi connectivity index (χ0) is 14.7.